The molecule has 0 heterocycles. The van der Waals surface area contributed by atoms with Crippen LogP contribution in [0.5, 0.6) is 0 Å². The van der Waals surface area contributed by atoms with Crippen LogP contribution in [0.4, 0.5) is 18.9 Å². The molecule has 31 heavy (non-hydrogen) atoms. The van der Waals surface area contributed by atoms with E-state index >= 15 is 0 Å². The Morgan fingerprint density at radius 2 is 1.68 bits per heavy atom. The van der Waals surface area contributed by atoms with E-state index in [-0.39, 0.29) is 22.5 Å². The van der Waals surface area contributed by atoms with Gasteiger partial charge in [-0.1, -0.05) is 43.1 Å². The van der Waals surface area contributed by atoms with E-state index in [0.717, 1.165) is 17.7 Å². The lowest BCUT2D eigenvalue weighted by atomic mass is 10.1. The van der Waals surface area contributed by atoms with Crippen molar-refractivity contribution in [3.8, 4) is 0 Å². The van der Waals surface area contributed by atoms with E-state index in [9.17, 15) is 26.4 Å². The van der Waals surface area contributed by atoms with Crippen LogP contribution in [-0.2, 0) is 21.0 Å². The second kappa shape index (κ2) is 9.48. The SMILES string of the molecule is Cc1ccc(S(=O)(=O)N(CC(=O)N[C@H](C)C(C)C)c2ccc(Cl)c(C(F)(F)F)c2)cc1. The Hall–Kier alpha value is -2.26. The van der Waals surface area contributed by atoms with E-state index in [1.807, 2.05) is 13.8 Å². The zero-order chi connectivity index (χ0) is 23.6. The van der Waals surface area contributed by atoms with E-state index in [4.69, 9.17) is 11.6 Å². The van der Waals surface area contributed by atoms with Crippen molar-refractivity contribution in [1.82, 2.24) is 5.32 Å². The average molecular weight is 477 g/mol. The van der Waals surface area contributed by atoms with Crippen molar-refractivity contribution in [3.63, 3.8) is 0 Å². The molecule has 2 aromatic carbocycles. The molecule has 5 nitrogen and oxygen atoms in total. The molecule has 0 aliphatic carbocycles. The molecule has 0 aliphatic heterocycles. The average Bonchev–Trinajstić information content (AvgIpc) is 2.66. The zero-order valence-corrected chi connectivity index (χ0v) is 19.1. The fraction of sp³-hybridized carbons (Fsp3) is 0.381. The summed E-state index contributed by atoms with van der Waals surface area (Å²) < 4.78 is 67.3. The summed E-state index contributed by atoms with van der Waals surface area (Å²) in [5.41, 5.74) is -0.698. The maximum Gasteiger partial charge on any atom is 0.417 e. The molecule has 170 valence electrons. The van der Waals surface area contributed by atoms with Crippen molar-refractivity contribution in [3.05, 3.63) is 58.6 Å². The Bertz CT molecular complexity index is 1040. The van der Waals surface area contributed by atoms with E-state index in [2.05, 4.69) is 5.32 Å². The minimum Gasteiger partial charge on any atom is -0.352 e. The quantitative estimate of drug-likeness (QED) is 0.610. The molecule has 0 bridgehead atoms. The number of benzene rings is 2. The van der Waals surface area contributed by atoms with Gasteiger partial charge < -0.3 is 5.32 Å². The summed E-state index contributed by atoms with van der Waals surface area (Å²) in [6, 6.07) is 8.29. The molecule has 0 aromatic heterocycles. The zero-order valence-electron chi connectivity index (χ0n) is 17.5. The molecule has 1 atom stereocenters. The van der Waals surface area contributed by atoms with Crippen molar-refractivity contribution < 1.29 is 26.4 Å². The molecule has 0 saturated heterocycles. The van der Waals surface area contributed by atoms with Gasteiger partial charge in [-0.2, -0.15) is 13.2 Å². The van der Waals surface area contributed by atoms with Gasteiger partial charge in [-0.15, -0.1) is 0 Å². The Kier molecular flexibility index (Phi) is 7.65. The summed E-state index contributed by atoms with van der Waals surface area (Å²) in [5, 5.41) is 2.11. The summed E-state index contributed by atoms with van der Waals surface area (Å²) in [6.07, 6.45) is -4.79. The van der Waals surface area contributed by atoms with Crippen LogP contribution in [0.1, 0.15) is 31.9 Å². The first-order valence-corrected chi connectivity index (χ1v) is 11.3. The lowest BCUT2D eigenvalue weighted by molar-refractivity contribution is -0.137. The molecular formula is C21H24ClF3N2O3S. The van der Waals surface area contributed by atoms with E-state index in [0.29, 0.717) is 10.4 Å². The first-order chi connectivity index (χ1) is 14.2. The molecule has 2 rings (SSSR count). The third kappa shape index (κ3) is 6.13. The van der Waals surface area contributed by atoms with Gasteiger partial charge in [-0.25, -0.2) is 8.42 Å². The van der Waals surface area contributed by atoms with Gasteiger partial charge in [0, 0.05) is 6.04 Å². The third-order valence-electron chi connectivity index (χ3n) is 4.83. The minimum atomic E-state index is -4.79. The topological polar surface area (TPSA) is 66.5 Å². The third-order valence-corrected chi connectivity index (χ3v) is 6.95. The maximum absolute atomic E-state index is 13.3. The predicted octanol–water partition coefficient (Wildman–Crippen LogP) is 5.02. The van der Waals surface area contributed by atoms with Gasteiger partial charge in [-0.3, -0.25) is 9.10 Å². The molecular weight excluding hydrogens is 453 g/mol. The number of aryl methyl sites for hydroxylation is 1. The highest BCUT2D eigenvalue weighted by Crippen LogP contribution is 2.38. The number of carbonyl (C=O) groups is 1. The molecule has 0 unspecified atom stereocenters. The molecule has 1 amide bonds. The Balaban J connectivity index is 2.55. The number of sulfonamides is 1. The van der Waals surface area contributed by atoms with Gasteiger partial charge in [0.05, 0.1) is 21.2 Å². The molecule has 0 spiro atoms. The van der Waals surface area contributed by atoms with Crippen molar-refractivity contribution in [1.29, 1.82) is 0 Å². The number of amides is 1. The number of rotatable bonds is 7. The summed E-state index contributed by atoms with van der Waals surface area (Å²) in [6.45, 7) is 6.59. The Labute approximate surface area is 185 Å². The van der Waals surface area contributed by atoms with Crippen molar-refractivity contribution >= 4 is 33.2 Å². The molecule has 0 radical (unpaired) electrons. The van der Waals surface area contributed by atoms with Crippen molar-refractivity contribution in [2.24, 2.45) is 5.92 Å². The molecule has 1 N–H and O–H groups in total. The van der Waals surface area contributed by atoms with Crippen LogP contribution in [0, 0.1) is 12.8 Å². The first-order valence-electron chi connectivity index (χ1n) is 9.49. The lowest BCUT2D eigenvalue weighted by Gasteiger charge is -2.26. The fourth-order valence-electron chi connectivity index (χ4n) is 2.63. The van der Waals surface area contributed by atoms with Crippen LogP contribution in [-0.4, -0.2) is 26.9 Å². The Morgan fingerprint density at radius 1 is 1.10 bits per heavy atom. The number of nitrogens with zero attached hydrogens (tertiary/aromatic N) is 1. The second-order valence-electron chi connectivity index (χ2n) is 7.59. The number of halogens is 4. The first kappa shape index (κ1) is 25.0. The van der Waals surface area contributed by atoms with Gasteiger partial charge >= 0.3 is 6.18 Å². The van der Waals surface area contributed by atoms with Crippen molar-refractivity contribution in [2.45, 2.75) is 44.8 Å². The number of alkyl halides is 3. The van der Waals surface area contributed by atoms with E-state index in [1.54, 1.807) is 26.0 Å². The summed E-state index contributed by atoms with van der Waals surface area (Å²) in [4.78, 5) is 12.4. The number of anilines is 1. The lowest BCUT2D eigenvalue weighted by Crippen LogP contribution is -2.45. The summed E-state index contributed by atoms with van der Waals surface area (Å²) in [5.74, 6) is -0.557. The molecule has 2 aromatic rings. The maximum atomic E-state index is 13.3. The highest BCUT2D eigenvalue weighted by atomic mass is 35.5. The number of hydrogen-bond acceptors (Lipinski definition) is 3. The van der Waals surface area contributed by atoms with Gasteiger partial charge in [0.2, 0.25) is 5.91 Å². The standard InChI is InChI=1S/C21H24ClF3N2O3S/c1-13(2)15(4)26-20(28)12-27(31(29,30)17-8-5-14(3)6-9-17)16-7-10-19(22)18(11-16)21(23,24)25/h5-11,13,15H,12H2,1-4H3,(H,26,28)/t15-/m1/s1. The summed E-state index contributed by atoms with van der Waals surface area (Å²) >= 11 is 5.68. The molecule has 0 aliphatic rings. The molecule has 0 saturated carbocycles. The van der Waals surface area contributed by atoms with Crippen LogP contribution < -0.4 is 9.62 Å². The van der Waals surface area contributed by atoms with Gasteiger partial charge in [0.1, 0.15) is 6.54 Å². The monoisotopic (exact) mass is 476 g/mol. The molecule has 0 fully saturated rings. The minimum absolute atomic E-state index is 0.0819. The van der Waals surface area contributed by atoms with E-state index in [1.165, 1.54) is 12.1 Å². The smallest absolute Gasteiger partial charge is 0.352 e. The molecule has 10 heteroatoms. The Morgan fingerprint density at radius 3 is 2.19 bits per heavy atom. The number of hydrogen-bond donors (Lipinski definition) is 1. The fourth-order valence-corrected chi connectivity index (χ4v) is 4.27. The van der Waals surface area contributed by atoms with Crippen LogP contribution in [0.2, 0.25) is 5.02 Å². The number of carbonyl (C=O) groups excluding carboxylic acids is 1. The van der Waals surface area contributed by atoms with Crippen molar-refractivity contribution in [2.75, 3.05) is 10.8 Å². The van der Waals surface area contributed by atoms with Gasteiger partial charge in [-0.05, 0) is 50.1 Å². The van der Waals surface area contributed by atoms with Crippen LogP contribution in [0.25, 0.3) is 0 Å². The summed E-state index contributed by atoms with van der Waals surface area (Å²) in [7, 11) is -4.34. The van der Waals surface area contributed by atoms with Gasteiger partial charge in [0.15, 0.2) is 0 Å². The highest BCUT2D eigenvalue weighted by Gasteiger charge is 2.35. The second-order valence-corrected chi connectivity index (χ2v) is 9.86. The predicted molar refractivity (Wildman–Crippen MR) is 115 cm³/mol. The largest absolute Gasteiger partial charge is 0.417 e. The van der Waals surface area contributed by atoms with Gasteiger partial charge in [0.25, 0.3) is 10.0 Å². The van der Waals surface area contributed by atoms with Crippen LogP contribution >= 0.6 is 11.6 Å². The van der Waals surface area contributed by atoms with Crippen LogP contribution in [0.15, 0.2) is 47.4 Å². The van der Waals surface area contributed by atoms with E-state index < -0.39 is 39.2 Å². The van der Waals surface area contributed by atoms with Crippen LogP contribution in [0.3, 0.4) is 0 Å². The highest BCUT2D eigenvalue weighted by molar-refractivity contribution is 7.92. The number of nitrogens with one attached hydrogen (secondary N) is 1. The normalized spacial score (nSPS) is 13.2.